The van der Waals surface area contributed by atoms with Gasteiger partial charge in [0.05, 0.1) is 32.0 Å². The highest BCUT2D eigenvalue weighted by molar-refractivity contribution is 5.76. The van der Waals surface area contributed by atoms with Gasteiger partial charge in [0.25, 0.3) is 0 Å². The van der Waals surface area contributed by atoms with E-state index in [0.29, 0.717) is 19.4 Å². The van der Waals surface area contributed by atoms with Crippen molar-refractivity contribution in [3.05, 3.63) is 48.6 Å². The zero-order valence-electron chi connectivity index (χ0n) is 56.0. The summed E-state index contributed by atoms with van der Waals surface area (Å²) in [7, 11) is 0. The first-order chi connectivity index (χ1) is 42.2. The molecule has 7 atom stereocenters. The number of hydrogen-bond donors (Lipinski definition) is 6. The maximum Gasteiger partial charge on any atom is 0.305 e. The third kappa shape index (κ3) is 52.4. The maximum atomic E-state index is 13.0. The Hall–Kier alpha value is -2.38. The van der Waals surface area contributed by atoms with E-state index in [1.807, 2.05) is 6.08 Å². The Kier molecular flexibility index (Phi) is 60.9. The van der Waals surface area contributed by atoms with Crippen molar-refractivity contribution in [2.24, 2.45) is 0 Å². The lowest BCUT2D eigenvalue weighted by molar-refractivity contribution is -0.302. The van der Waals surface area contributed by atoms with E-state index >= 15 is 0 Å². The summed E-state index contributed by atoms with van der Waals surface area (Å²) in [6, 6.07) is -0.808. The van der Waals surface area contributed by atoms with Gasteiger partial charge in [0.2, 0.25) is 5.91 Å². The highest BCUT2D eigenvalue weighted by Crippen LogP contribution is 2.23. The Bertz CT molecular complexity index is 1570. The van der Waals surface area contributed by atoms with Crippen molar-refractivity contribution in [3.8, 4) is 0 Å². The smallest absolute Gasteiger partial charge is 0.305 e. The zero-order valence-corrected chi connectivity index (χ0v) is 56.0. The number of rotatable bonds is 65. The Morgan fingerprint density at radius 1 is 0.430 bits per heavy atom. The summed E-state index contributed by atoms with van der Waals surface area (Å²) in [6.07, 6.45) is 74.2. The minimum absolute atomic E-state index is 0.000364. The SMILES string of the molecule is CCCCCCCCC/C=C\CCCCCCCC(=O)OCCCCCCCCCCC/C=C\C/C=C\CCCCCCCCCCCCCCCCCCCC(=O)NC(COC1OC(CO)C(O)C(O)C1O)C(O)/C=C/CCCCCCCCC. The van der Waals surface area contributed by atoms with Gasteiger partial charge >= 0.3 is 5.97 Å². The molecule has 0 aromatic rings. The maximum absolute atomic E-state index is 13.0. The van der Waals surface area contributed by atoms with Crippen molar-refractivity contribution in [2.45, 2.75) is 397 Å². The lowest BCUT2D eigenvalue weighted by Gasteiger charge is -2.40. The molecule has 7 unspecified atom stereocenters. The van der Waals surface area contributed by atoms with E-state index in [0.717, 1.165) is 64.2 Å². The molecule has 0 bridgehead atoms. The van der Waals surface area contributed by atoms with Crippen molar-refractivity contribution in [3.63, 3.8) is 0 Å². The number of carbonyl (C=O) groups is 2. The molecule has 0 aromatic heterocycles. The summed E-state index contributed by atoms with van der Waals surface area (Å²) < 4.78 is 16.7. The minimum atomic E-state index is -1.57. The quantitative estimate of drug-likeness (QED) is 0.0195. The highest BCUT2D eigenvalue weighted by atomic mass is 16.7. The molecule has 6 N–H and O–H groups in total. The van der Waals surface area contributed by atoms with Crippen LogP contribution in [0.25, 0.3) is 0 Å². The topological polar surface area (TPSA) is 175 Å². The Balaban J connectivity index is 1.90. The fourth-order valence-electron chi connectivity index (χ4n) is 11.6. The first-order valence-electron chi connectivity index (χ1n) is 36.9. The number of unbranched alkanes of at least 4 members (excludes halogenated alkanes) is 45. The normalized spacial score (nSPS) is 18.2. The van der Waals surface area contributed by atoms with Gasteiger partial charge in [-0.2, -0.15) is 0 Å². The number of amides is 1. The number of carbonyl (C=O) groups excluding carboxylic acids is 2. The molecule has 1 fully saturated rings. The van der Waals surface area contributed by atoms with Gasteiger partial charge in [-0.1, -0.05) is 300 Å². The summed E-state index contributed by atoms with van der Waals surface area (Å²) in [5.74, 6) is -0.181. The van der Waals surface area contributed by atoms with Crippen LogP contribution in [0.1, 0.15) is 354 Å². The van der Waals surface area contributed by atoms with Crippen LogP contribution in [0.15, 0.2) is 48.6 Å². The van der Waals surface area contributed by atoms with Gasteiger partial charge in [-0.05, 0) is 89.9 Å². The standard InChI is InChI=1S/C75H139NO10/c1-3-5-7-9-11-13-14-15-16-37-40-43-47-51-55-59-63-71(80)84-64-60-56-52-48-44-41-38-35-33-31-29-27-25-23-21-19-17-18-20-22-24-26-28-30-32-34-36-39-42-46-50-54-58-62-70(79)76-67(68(78)61-57-53-49-45-12-10-8-6-4-2)66-85-75-74(83)73(82)72(81)69(65-77)86-75/h16,21,23,27,29,37,57,61,67-69,72-75,77-78,81-83H,3-15,17-20,22,24-26,28,30-36,38-56,58-60,62-66H2,1-2H3,(H,76,79)/b23-21-,29-27-,37-16-,61-57+. The average molecular weight is 1210 g/mol. The summed E-state index contributed by atoms with van der Waals surface area (Å²) in [6.45, 7) is 4.34. The first kappa shape index (κ1) is 81.6. The summed E-state index contributed by atoms with van der Waals surface area (Å²) in [4.78, 5) is 25.1. The zero-order chi connectivity index (χ0) is 62.3. The van der Waals surface area contributed by atoms with Crippen molar-refractivity contribution in [1.82, 2.24) is 5.32 Å². The van der Waals surface area contributed by atoms with Crippen molar-refractivity contribution >= 4 is 11.9 Å². The van der Waals surface area contributed by atoms with Gasteiger partial charge in [0.15, 0.2) is 6.29 Å². The van der Waals surface area contributed by atoms with Crippen LogP contribution in [0.5, 0.6) is 0 Å². The van der Waals surface area contributed by atoms with E-state index in [9.17, 15) is 35.1 Å². The van der Waals surface area contributed by atoms with E-state index in [4.69, 9.17) is 14.2 Å². The van der Waals surface area contributed by atoms with Crippen LogP contribution in [0.4, 0.5) is 0 Å². The van der Waals surface area contributed by atoms with Crippen LogP contribution in [-0.2, 0) is 23.8 Å². The molecule has 504 valence electrons. The first-order valence-corrected chi connectivity index (χ1v) is 36.9. The molecule has 1 aliphatic rings. The van der Waals surface area contributed by atoms with Crippen molar-refractivity contribution in [2.75, 3.05) is 19.8 Å². The number of ether oxygens (including phenoxy) is 3. The third-order valence-electron chi connectivity index (χ3n) is 17.4. The lowest BCUT2D eigenvalue weighted by atomic mass is 9.99. The predicted molar refractivity (Wildman–Crippen MR) is 361 cm³/mol. The minimum Gasteiger partial charge on any atom is -0.466 e. The molecule has 0 spiro atoms. The number of nitrogens with one attached hydrogen (secondary N) is 1. The van der Waals surface area contributed by atoms with Crippen LogP contribution < -0.4 is 5.32 Å². The molecule has 11 nitrogen and oxygen atoms in total. The molecule has 1 amide bonds. The fraction of sp³-hybridized carbons (Fsp3) is 0.867. The van der Waals surface area contributed by atoms with Gasteiger partial charge in [0.1, 0.15) is 24.4 Å². The van der Waals surface area contributed by atoms with Gasteiger partial charge < -0.3 is 45.1 Å². The van der Waals surface area contributed by atoms with Crippen molar-refractivity contribution in [1.29, 1.82) is 0 Å². The van der Waals surface area contributed by atoms with E-state index in [2.05, 4.69) is 55.6 Å². The van der Waals surface area contributed by atoms with Crippen molar-refractivity contribution < 1.29 is 49.3 Å². The number of esters is 1. The fourth-order valence-corrected chi connectivity index (χ4v) is 11.6. The summed E-state index contributed by atoms with van der Waals surface area (Å²) >= 11 is 0. The van der Waals surface area contributed by atoms with E-state index < -0.39 is 49.5 Å². The monoisotopic (exact) mass is 1210 g/mol. The van der Waals surface area contributed by atoms with Crippen LogP contribution >= 0.6 is 0 Å². The summed E-state index contributed by atoms with van der Waals surface area (Å²) in [5.41, 5.74) is 0. The molecule has 0 radical (unpaired) electrons. The molecule has 1 saturated heterocycles. The highest BCUT2D eigenvalue weighted by Gasteiger charge is 2.44. The van der Waals surface area contributed by atoms with Gasteiger partial charge in [-0.15, -0.1) is 0 Å². The Morgan fingerprint density at radius 2 is 0.779 bits per heavy atom. The number of aliphatic hydroxyl groups excluding tert-OH is 5. The number of aliphatic hydroxyl groups is 5. The molecule has 86 heavy (non-hydrogen) atoms. The molecule has 0 aromatic carbocycles. The number of hydrogen-bond acceptors (Lipinski definition) is 10. The molecular weight excluding hydrogens is 1070 g/mol. The average Bonchev–Trinajstić information content (AvgIpc) is 3.61. The van der Waals surface area contributed by atoms with Crippen LogP contribution in [0.2, 0.25) is 0 Å². The van der Waals surface area contributed by atoms with E-state index in [1.54, 1.807) is 6.08 Å². The molecule has 11 heteroatoms. The van der Waals surface area contributed by atoms with Gasteiger partial charge in [-0.3, -0.25) is 9.59 Å². The van der Waals surface area contributed by atoms with E-state index in [-0.39, 0.29) is 18.5 Å². The van der Waals surface area contributed by atoms with Gasteiger partial charge in [-0.25, -0.2) is 0 Å². The van der Waals surface area contributed by atoms with Gasteiger partial charge in [0, 0.05) is 12.8 Å². The molecule has 1 heterocycles. The second-order valence-corrected chi connectivity index (χ2v) is 25.6. The summed E-state index contributed by atoms with van der Waals surface area (Å²) in [5, 5.41) is 54.3. The third-order valence-corrected chi connectivity index (χ3v) is 17.4. The van der Waals surface area contributed by atoms with Crippen LogP contribution in [-0.4, -0.2) is 100 Å². The predicted octanol–water partition coefficient (Wildman–Crippen LogP) is 19.1. The molecule has 0 saturated carbocycles. The Labute approximate surface area is 529 Å². The Morgan fingerprint density at radius 3 is 1.19 bits per heavy atom. The van der Waals surface area contributed by atoms with Crippen LogP contribution in [0.3, 0.4) is 0 Å². The second kappa shape index (κ2) is 64.2. The molecule has 1 rings (SSSR count). The molecular formula is C75H139NO10. The van der Waals surface area contributed by atoms with Crippen LogP contribution in [0, 0.1) is 0 Å². The number of allylic oxidation sites excluding steroid dienone is 7. The largest absolute Gasteiger partial charge is 0.466 e. The molecule has 1 aliphatic heterocycles. The second-order valence-electron chi connectivity index (χ2n) is 25.6. The molecule has 0 aliphatic carbocycles. The van der Waals surface area contributed by atoms with E-state index in [1.165, 1.54) is 263 Å². The lowest BCUT2D eigenvalue weighted by Crippen LogP contribution is -2.60.